The van der Waals surface area contributed by atoms with Crippen LogP contribution in [0.4, 0.5) is 0 Å². The van der Waals surface area contributed by atoms with Gasteiger partial charge in [0.1, 0.15) is 1.43 Å². The largest absolute Gasteiger partial charge is 0.124 e. The Hall–Kier alpha value is -1.14. The van der Waals surface area contributed by atoms with Crippen molar-refractivity contribution in [3.8, 4) is 11.1 Å². The van der Waals surface area contributed by atoms with Gasteiger partial charge in [-0.3, -0.25) is 0 Å². The van der Waals surface area contributed by atoms with Crippen molar-refractivity contribution in [3.63, 3.8) is 0 Å². The summed E-state index contributed by atoms with van der Waals surface area (Å²) in [6.07, 6.45) is 0. The maximum Gasteiger partial charge on any atom is 0.124 e. The standard InChI is InChI=1S/C21H12I2/c22-21(23)18-10-9-13-5-3-4-8-16(13)20(18)17-11-14-6-1-2-7-15(14)12-19(17)21/h1-12H. The van der Waals surface area contributed by atoms with E-state index >= 15 is 0 Å². The van der Waals surface area contributed by atoms with Gasteiger partial charge in [0.15, 0.2) is 0 Å². The summed E-state index contributed by atoms with van der Waals surface area (Å²) in [6, 6.07) is 26.7. The molecule has 0 aliphatic heterocycles. The maximum atomic E-state index is 2.60. The lowest BCUT2D eigenvalue weighted by atomic mass is 9.96. The summed E-state index contributed by atoms with van der Waals surface area (Å²) in [5.74, 6) is 0. The Labute approximate surface area is 162 Å². The number of hydrogen-bond acceptors (Lipinski definition) is 0. The predicted octanol–water partition coefficient (Wildman–Crippen LogP) is 7.04. The molecule has 0 atom stereocenters. The summed E-state index contributed by atoms with van der Waals surface area (Å²) in [5.41, 5.74) is 5.64. The summed E-state index contributed by atoms with van der Waals surface area (Å²) < 4.78 is -0.00570. The molecule has 4 aromatic carbocycles. The highest BCUT2D eigenvalue weighted by molar-refractivity contribution is 14.2. The third-order valence-corrected chi connectivity index (χ3v) is 7.09. The van der Waals surface area contributed by atoms with Crippen LogP contribution in [0.3, 0.4) is 0 Å². The zero-order valence-electron chi connectivity index (χ0n) is 12.2. The molecule has 0 nitrogen and oxygen atoms in total. The van der Waals surface area contributed by atoms with E-state index in [1.54, 1.807) is 0 Å². The van der Waals surface area contributed by atoms with Crippen LogP contribution in [0.2, 0.25) is 0 Å². The molecular weight excluding hydrogens is 506 g/mol. The van der Waals surface area contributed by atoms with E-state index < -0.39 is 0 Å². The van der Waals surface area contributed by atoms with Crippen LogP contribution in [-0.2, 0) is 1.43 Å². The van der Waals surface area contributed by atoms with E-state index in [0.717, 1.165) is 0 Å². The van der Waals surface area contributed by atoms with Gasteiger partial charge < -0.3 is 0 Å². The molecule has 2 heteroatoms. The Morgan fingerprint density at radius 1 is 0.609 bits per heavy atom. The van der Waals surface area contributed by atoms with Gasteiger partial charge in [0.05, 0.1) is 0 Å². The van der Waals surface area contributed by atoms with Gasteiger partial charge in [-0.05, 0) is 55.9 Å². The van der Waals surface area contributed by atoms with Crippen molar-refractivity contribution in [1.82, 2.24) is 0 Å². The van der Waals surface area contributed by atoms with Crippen molar-refractivity contribution < 1.29 is 0 Å². The molecule has 23 heavy (non-hydrogen) atoms. The first-order chi connectivity index (χ1) is 11.2. The van der Waals surface area contributed by atoms with E-state index in [0.29, 0.717) is 0 Å². The molecule has 0 fully saturated rings. The van der Waals surface area contributed by atoms with Crippen LogP contribution in [0.25, 0.3) is 32.7 Å². The van der Waals surface area contributed by atoms with Gasteiger partial charge in [-0.15, -0.1) is 0 Å². The van der Waals surface area contributed by atoms with E-state index in [2.05, 4.69) is 118 Å². The summed E-state index contributed by atoms with van der Waals surface area (Å²) in [6.45, 7) is 0. The minimum atomic E-state index is -0.00570. The number of hydrogen-bond donors (Lipinski definition) is 0. The van der Waals surface area contributed by atoms with E-state index in [-0.39, 0.29) is 1.43 Å². The number of fused-ring (bicyclic) bond motifs is 6. The SMILES string of the molecule is IC1(I)c2cc3ccccc3cc2-c2c1ccc1ccccc21. The smallest absolute Gasteiger partial charge is 0.0616 e. The molecule has 110 valence electrons. The molecule has 1 aliphatic rings. The van der Waals surface area contributed by atoms with E-state index in [1.165, 1.54) is 43.8 Å². The van der Waals surface area contributed by atoms with Gasteiger partial charge in [-0.25, -0.2) is 0 Å². The fourth-order valence-electron chi connectivity index (χ4n) is 3.68. The van der Waals surface area contributed by atoms with Crippen LogP contribution in [-0.4, -0.2) is 0 Å². The first-order valence-corrected chi connectivity index (χ1v) is 9.76. The number of halogens is 2. The van der Waals surface area contributed by atoms with Gasteiger partial charge in [0.25, 0.3) is 0 Å². The van der Waals surface area contributed by atoms with Gasteiger partial charge in [0.2, 0.25) is 0 Å². The van der Waals surface area contributed by atoms with Crippen LogP contribution >= 0.6 is 45.2 Å². The minimum Gasteiger partial charge on any atom is -0.0616 e. The van der Waals surface area contributed by atoms with Crippen LogP contribution in [0, 0.1) is 0 Å². The summed E-state index contributed by atoms with van der Waals surface area (Å²) in [7, 11) is 0. The molecule has 0 heterocycles. The Balaban J connectivity index is 1.99. The molecular formula is C21H12I2. The molecule has 0 unspecified atom stereocenters. The lowest BCUT2D eigenvalue weighted by Crippen LogP contribution is -2.05. The molecule has 0 saturated heterocycles. The van der Waals surface area contributed by atoms with Crippen molar-refractivity contribution in [2.24, 2.45) is 0 Å². The van der Waals surface area contributed by atoms with E-state index in [1.807, 2.05) is 0 Å². The van der Waals surface area contributed by atoms with Crippen LogP contribution < -0.4 is 0 Å². The highest BCUT2D eigenvalue weighted by atomic mass is 127. The number of alkyl halides is 2. The van der Waals surface area contributed by atoms with E-state index in [9.17, 15) is 0 Å². The average Bonchev–Trinajstić information content (AvgIpc) is 2.81. The quantitative estimate of drug-likeness (QED) is 0.173. The maximum absolute atomic E-state index is 2.60. The molecule has 0 aromatic heterocycles. The second-order valence-electron chi connectivity index (χ2n) is 6.03. The fourth-order valence-corrected chi connectivity index (χ4v) is 5.47. The number of benzene rings is 4. The average molecular weight is 518 g/mol. The topological polar surface area (TPSA) is 0 Å². The van der Waals surface area contributed by atoms with Gasteiger partial charge in [-0.1, -0.05) is 106 Å². The van der Waals surface area contributed by atoms with Crippen LogP contribution in [0.15, 0.2) is 72.8 Å². The molecule has 0 amide bonds. The lowest BCUT2D eigenvalue weighted by molar-refractivity contribution is 1.24. The fraction of sp³-hybridized carbons (Fsp3) is 0.0476. The monoisotopic (exact) mass is 518 g/mol. The van der Waals surface area contributed by atoms with Crippen molar-refractivity contribution in [2.45, 2.75) is 1.43 Å². The third-order valence-electron chi connectivity index (χ3n) is 4.76. The van der Waals surface area contributed by atoms with E-state index in [4.69, 9.17) is 0 Å². The highest BCUT2D eigenvalue weighted by Crippen LogP contribution is 2.59. The van der Waals surface area contributed by atoms with Crippen LogP contribution in [0.1, 0.15) is 11.1 Å². The molecule has 4 aromatic rings. The van der Waals surface area contributed by atoms with Gasteiger partial charge in [-0.2, -0.15) is 0 Å². The normalized spacial score (nSPS) is 14.9. The number of rotatable bonds is 0. The Bertz CT molecular complexity index is 1090. The molecule has 0 bridgehead atoms. The van der Waals surface area contributed by atoms with Crippen molar-refractivity contribution >= 4 is 66.7 Å². The molecule has 5 rings (SSSR count). The zero-order valence-corrected chi connectivity index (χ0v) is 16.5. The first kappa shape index (κ1) is 14.2. The lowest BCUT2D eigenvalue weighted by Gasteiger charge is -2.17. The molecule has 1 aliphatic carbocycles. The van der Waals surface area contributed by atoms with Crippen molar-refractivity contribution in [2.75, 3.05) is 0 Å². The summed E-state index contributed by atoms with van der Waals surface area (Å²) in [4.78, 5) is 0. The summed E-state index contributed by atoms with van der Waals surface area (Å²) >= 11 is 5.20. The van der Waals surface area contributed by atoms with Gasteiger partial charge in [0, 0.05) is 0 Å². The molecule has 0 saturated carbocycles. The minimum absolute atomic E-state index is 0.00570. The third kappa shape index (κ3) is 1.94. The zero-order chi connectivity index (χ0) is 15.6. The Morgan fingerprint density at radius 3 is 2.04 bits per heavy atom. The van der Waals surface area contributed by atoms with Gasteiger partial charge >= 0.3 is 0 Å². The molecule has 0 spiro atoms. The van der Waals surface area contributed by atoms with Crippen molar-refractivity contribution in [1.29, 1.82) is 0 Å². The second-order valence-corrected chi connectivity index (χ2v) is 11.3. The summed E-state index contributed by atoms with van der Waals surface area (Å²) in [5, 5.41) is 5.31. The van der Waals surface area contributed by atoms with Crippen LogP contribution in [0.5, 0.6) is 0 Å². The Kier molecular flexibility index (Phi) is 3.05. The Morgan fingerprint density at radius 2 is 1.26 bits per heavy atom. The molecule has 0 N–H and O–H groups in total. The molecule has 0 radical (unpaired) electrons. The van der Waals surface area contributed by atoms with Crippen molar-refractivity contribution in [3.05, 3.63) is 83.9 Å². The predicted molar refractivity (Wildman–Crippen MR) is 116 cm³/mol. The second kappa shape index (κ2) is 4.93. The first-order valence-electron chi connectivity index (χ1n) is 7.60. The highest BCUT2D eigenvalue weighted by Gasteiger charge is 2.39.